The minimum atomic E-state index is -5.02. The van der Waals surface area contributed by atoms with E-state index in [-0.39, 0.29) is 13.0 Å². The number of carbonyl (C=O) groups is 1. The lowest BCUT2D eigenvalue weighted by atomic mass is 9.85. The second-order valence-corrected chi connectivity index (χ2v) is 18.7. The third-order valence-corrected chi connectivity index (χ3v) is 12.5. The van der Waals surface area contributed by atoms with Crippen LogP contribution in [0.5, 0.6) is 0 Å². The molecule has 1 saturated carbocycles. The number of rotatable bonds is 42. The Kier molecular flexibility index (Phi) is 37.2. The van der Waals surface area contributed by atoms with Gasteiger partial charge in [0, 0.05) is 13.0 Å². The zero-order valence-electron chi connectivity index (χ0n) is 38.5. The van der Waals surface area contributed by atoms with Gasteiger partial charge >= 0.3 is 13.8 Å². The highest BCUT2D eigenvalue weighted by molar-refractivity contribution is 7.47. The van der Waals surface area contributed by atoms with Crippen molar-refractivity contribution < 1.29 is 58.3 Å². The summed E-state index contributed by atoms with van der Waals surface area (Å²) in [6.07, 6.45) is 32.4. The van der Waals surface area contributed by atoms with Crippen LogP contribution < -0.4 is 0 Å². The molecule has 6 atom stereocenters. The van der Waals surface area contributed by atoms with Crippen LogP contribution in [0.4, 0.5) is 0 Å². The number of hydrogen-bond acceptors (Lipinski definition) is 11. The van der Waals surface area contributed by atoms with Gasteiger partial charge in [-0.3, -0.25) is 13.8 Å². The molecule has 0 amide bonds. The highest BCUT2D eigenvalue weighted by Gasteiger charge is 2.51. The summed E-state index contributed by atoms with van der Waals surface area (Å²) in [5.74, 6) is -0.482. The van der Waals surface area contributed by atoms with Gasteiger partial charge in [0.1, 0.15) is 42.7 Å². The number of aliphatic hydroxyl groups is 5. The fourth-order valence-electron chi connectivity index (χ4n) is 7.58. The van der Waals surface area contributed by atoms with Crippen molar-refractivity contribution in [2.75, 3.05) is 19.8 Å². The fourth-order valence-corrected chi connectivity index (χ4v) is 8.55. The van der Waals surface area contributed by atoms with Crippen molar-refractivity contribution in [1.82, 2.24) is 0 Å². The number of esters is 1. The molecule has 0 spiro atoms. The fraction of sp³-hybridized carbons (Fsp3) is 0.896. The first kappa shape index (κ1) is 57.8. The molecule has 0 saturated heterocycles. The largest absolute Gasteiger partial charge is 0.472 e. The van der Waals surface area contributed by atoms with Crippen LogP contribution in [0.25, 0.3) is 0 Å². The van der Waals surface area contributed by atoms with Crippen LogP contribution in [-0.4, -0.2) is 98.9 Å². The highest BCUT2D eigenvalue weighted by Crippen LogP contribution is 2.47. The summed E-state index contributed by atoms with van der Waals surface area (Å²) >= 11 is 0. The van der Waals surface area contributed by atoms with Crippen molar-refractivity contribution in [3.63, 3.8) is 0 Å². The summed E-state index contributed by atoms with van der Waals surface area (Å²) < 4.78 is 34.2. The average molecular weight is 891 g/mol. The molecule has 0 radical (unpaired) electrons. The number of hydrogen-bond donors (Lipinski definition) is 6. The van der Waals surface area contributed by atoms with Gasteiger partial charge in [0.05, 0.1) is 13.2 Å². The van der Waals surface area contributed by atoms with E-state index in [9.17, 15) is 39.8 Å². The SMILES string of the molecule is CCCCCCCC/C=C\CCCCCCCCCC(=O)OC(COCCCCCCCC/C=C\CCCCCCCCC)COP(=O)(O)OC1C(O)C(O)C(O)C(O)C1O. The van der Waals surface area contributed by atoms with Crippen LogP contribution in [0, 0.1) is 0 Å². The molecule has 0 aromatic rings. The number of allylic oxidation sites excluding steroid dienone is 4. The molecule has 12 nitrogen and oxygen atoms in total. The van der Waals surface area contributed by atoms with Crippen LogP contribution in [0.3, 0.4) is 0 Å². The van der Waals surface area contributed by atoms with Gasteiger partial charge in [0.15, 0.2) is 0 Å². The molecule has 6 N–H and O–H groups in total. The number of ether oxygens (including phenoxy) is 2. The molecule has 0 aromatic carbocycles. The second-order valence-electron chi connectivity index (χ2n) is 17.3. The van der Waals surface area contributed by atoms with Crippen LogP contribution in [0.1, 0.15) is 213 Å². The summed E-state index contributed by atoms with van der Waals surface area (Å²) in [7, 11) is -5.02. The molecule has 1 rings (SSSR count). The molecular weight excluding hydrogens is 799 g/mol. The highest BCUT2D eigenvalue weighted by atomic mass is 31.2. The summed E-state index contributed by atoms with van der Waals surface area (Å²) in [4.78, 5) is 23.2. The molecule has 0 heterocycles. The molecule has 0 aliphatic heterocycles. The summed E-state index contributed by atoms with van der Waals surface area (Å²) in [5, 5.41) is 50.2. The van der Waals surface area contributed by atoms with Crippen LogP contribution >= 0.6 is 7.82 Å². The molecule has 13 heteroatoms. The quantitative estimate of drug-likeness (QED) is 0.0147. The Morgan fingerprint density at radius 3 is 1.30 bits per heavy atom. The predicted molar refractivity (Wildman–Crippen MR) is 244 cm³/mol. The first-order chi connectivity index (χ1) is 29.5. The van der Waals surface area contributed by atoms with E-state index >= 15 is 0 Å². The standard InChI is InChI=1S/C48H91O12P/c1-3-5-7-9-11-13-15-17-19-21-23-25-27-29-31-33-35-37-42(49)59-41(40-58-61(55,56)60-48-46(53)44(51)43(50)45(52)47(48)54)39-57-38-36-34-32-30-28-26-24-22-20-18-16-14-12-10-8-6-4-2/h17,19-20,22,41,43-48,50-54H,3-16,18,21,23-40H2,1-2H3,(H,55,56)/b19-17-,22-20-. The number of carbonyl (C=O) groups excluding carboxylic acids is 1. The Morgan fingerprint density at radius 2 is 0.869 bits per heavy atom. The van der Waals surface area contributed by atoms with Crippen molar-refractivity contribution in [3.05, 3.63) is 24.3 Å². The Balaban J connectivity index is 2.37. The minimum Gasteiger partial charge on any atom is -0.457 e. The van der Waals surface area contributed by atoms with E-state index in [1.54, 1.807) is 0 Å². The van der Waals surface area contributed by atoms with Gasteiger partial charge < -0.3 is 39.9 Å². The van der Waals surface area contributed by atoms with E-state index in [1.165, 1.54) is 128 Å². The third kappa shape index (κ3) is 31.4. The van der Waals surface area contributed by atoms with Crippen LogP contribution in [0.2, 0.25) is 0 Å². The lowest BCUT2D eigenvalue weighted by molar-refractivity contribution is -0.220. The van der Waals surface area contributed by atoms with Crippen LogP contribution in [-0.2, 0) is 27.9 Å². The molecule has 6 unspecified atom stereocenters. The maximum atomic E-state index is 12.8. The molecular formula is C48H91O12P. The number of aliphatic hydroxyl groups excluding tert-OH is 5. The van der Waals surface area contributed by atoms with Gasteiger partial charge in [-0.15, -0.1) is 0 Å². The predicted octanol–water partition coefficient (Wildman–Crippen LogP) is 10.5. The molecule has 61 heavy (non-hydrogen) atoms. The number of unbranched alkanes of at least 4 members (excludes halogenated alkanes) is 26. The maximum Gasteiger partial charge on any atom is 0.472 e. The summed E-state index contributed by atoms with van der Waals surface area (Å²) in [6.45, 7) is 4.26. The lowest BCUT2D eigenvalue weighted by Crippen LogP contribution is -2.64. The lowest BCUT2D eigenvalue weighted by Gasteiger charge is -2.41. The van der Waals surface area contributed by atoms with Crippen molar-refractivity contribution >= 4 is 13.8 Å². The molecule has 0 aromatic heterocycles. The monoisotopic (exact) mass is 891 g/mol. The molecule has 1 aliphatic carbocycles. The normalized spacial score (nSPS) is 22.3. The third-order valence-electron chi connectivity index (χ3n) is 11.5. The Hall–Kier alpha value is -1.18. The maximum absolute atomic E-state index is 12.8. The summed E-state index contributed by atoms with van der Waals surface area (Å²) in [5.41, 5.74) is 0. The van der Waals surface area contributed by atoms with Crippen molar-refractivity contribution in [2.24, 2.45) is 0 Å². The molecule has 1 aliphatic rings. The first-order valence-electron chi connectivity index (χ1n) is 24.7. The second kappa shape index (κ2) is 39.2. The smallest absolute Gasteiger partial charge is 0.457 e. The van der Waals surface area contributed by atoms with Gasteiger partial charge in [0.2, 0.25) is 0 Å². The Morgan fingerprint density at radius 1 is 0.508 bits per heavy atom. The van der Waals surface area contributed by atoms with Crippen molar-refractivity contribution in [1.29, 1.82) is 0 Å². The van der Waals surface area contributed by atoms with E-state index in [4.69, 9.17) is 18.5 Å². The topological polar surface area (TPSA) is 192 Å². The van der Waals surface area contributed by atoms with Gasteiger partial charge in [-0.2, -0.15) is 0 Å². The van der Waals surface area contributed by atoms with Crippen molar-refractivity contribution in [2.45, 2.75) is 256 Å². The number of phosphoric acid groups is 1. The zero-order chi connectivity index (χ0) is 44.8. The van der Waals surface area contributed by atoms with Crippen molar-refractivity contribution in [3.8, 4) is 0 Å². The molecule has 1 fully saturated rings. The van der Waals surface area contributed by atoms with E-state index < -0.39 is 63.1 Å². The molecule has 0 bridgehead atoms. The van der Waals surface area contributed by atoms with E-state index in [0.29, 0.717) is 13.0 Å². The Labute approximate surface area is 370 Å². The number of phosphoric ester groups is 1. The van der Waals surface area contributed by atoms with Gasteiger partial charge in [-0.25, -0.2) is 4.57 Å². The Bertz CT molecular complexity index is 1110. The van der Waals surface area contributed by atoms with Gasteiger partial charge in [-0.1, -0.05) is 167 Å². The molecule has 360 valence electrons. The van der Waals surface area contributed by atoms with E-state index in [2.05, 4.69) is 38.2 Å². The first-order valence-corrected chi connectivity index (χ1v) is 26.2. The summed E-state index contributed by atoms with van der Waals surface area (Å²) in [6, 6.07) is 0. The zero-order valence-corrected chi connectivity index (χ0v) is 39.4. The van der Waals surface area contributed by atoms with E-state index in [1.807, 2.05) is 0 Å². The minimum absolute atomic E-state index is 0.0799. The van der Waals surface area contributed by atoms with Gasteiger partial charge in [0.25, 0.3) is 0 Å². The van der Waals surface area contributed by atoms with Crippen LogP contribution in [0.15, 0.2) is 24.3 Å². The van der Waals surface area contributed by atoms with E-state index in [0.717, 1.165) is 57.8 Å². The van der Waals surface area contributed by atoms with Gasteiger partial charge in [-0.05, 0) is 64.2 Å². The average Bonchev–Trinajstić information content (AvgIpc) is 3.24.